The van der Waals surface area contributed by atoms with Crippen molar-refractivity contribution in [2.24, 2.45) is 0 Å². The first-order valence-electron chi connectivity index (χ1n) is 4.76. The molecule has 1 atom stereocenters. The summed E-state index contributed by atoms with van der Waals surface area (Å²) in [4.78, 5) is 0. The zero-order valence-electron chi connectivity index (χ0n) is 8.56. The van der Waals surface area contributed by atoms with Crippen LogP contribution in [0.5, 0.6) is 11.5 Å². The van der Waals surface area contributed by atoms with E-state index in [4.69, 9.17) is 14.6 Å². The molecule has 1 aromatic carbocycles. The van der Waals surface area contributed by atoms with Crippen LogP contribution in [0, 0.1) is 0 Å². The van der Waals surface area contributed by atoms with Crippen LogP contribution in [-0.4, -0.2) is 24.4 Å². The van der Waals surface area contributed by atoms with Gasteiger partial charge in [0.1, 0.15) is 18.1 Å². The fraction of sp³-hybridized carbons (Fsp3) is 0.455. The highest BCUT2D eigenvalue weighted by Crippen LogP contribution is 2.17. The Kier molecular flexibility index (Phi) is 4.26. The molecule has 1 aromatic rings. The molecule has 1 rings (SSSR count). The molecule has 78 valence electrons. The fourth-order valence-electron chi connectivity index (χ4n) is 1.02. The second kappa shape index (κ2) is 5.50. The molecule has 0 saturated carbocycles. The van der Waals surface area contributed by atoms with Crippen molar-refractivity contribution in [2.75, 3.05) is 13.2 Å². The minimum absolute atomic E-state index is 0.313. The van der Waals surface area contributed by atoms with E-state index in [1.807, 2.05) is 31.2 Å². The van der Waals surface area contributed by atoms with E-state index in [9.17, 15) is 0 Å². The van der Waals surface area contributed by atoms with E-state index in [0.717, 1.165) is 11.5 Å². The smallest absolute Gasteiger partial charge is 0.119 e. The molecule has 0 aliphatic carbocycles. The molecular weight excluding hydrogens is 180 g/mol. The van der Waals surface area contributed by atoms with E-state index < -0.39 is 6.10 Å². The van der Waals surface area contributed by atoms with Gasteiger partial charge in [0, 0.05) is 0 Å². The van der Waals surface area contributed by atoms with Crippen molar-refractivity contribution >= 4 is 0 Å². The summed E-state index contributed by atoms with van der Waals surface area (Å²) in [5.41, 5.74) is 0. The van der Waals surface area contributed by atoms with Crippen LogP contribution in [0.15, 0.2) is 24.3 Å². The summed E-state index contributed by atoms with van der Waals surface area (Å²) in [5, 5.41) is 9.00. The van der Waals surface area contributed by atoms with Crippen molar-refractivity contribution in [3.8, 4) is 11.5 Å². The molecule has 0 bridgehead atoms. The molecule has 0 radical (unpaired) electrons. The number of hydrogen-bond donors (Lipinski definition) is 1. The lowest BCUT2D eigenvalue weighted by Crippen LogP contribution is -2.12. The Morgan fingerprint density at radius 2 is 1.64 bits per heavy atom. The largest absolute Gasteiger partial charge is 0.494 e. The molecule has 0 saturated heterocycles. The highest BCUT2D eigenvalue weighted by molar-refractivity contribution is 5.31. The van der Waals surface area contributed by atoms with Crippen LogP contribution in [0.25, 0.3) is 0 Å². The van der Waals surface area contributed by atoms with Gasteiger partial charge in [-0.3, -0.25) is 0 Å². The number of hydrogen-bond acceptors (Lipinski definition) is 3. The fourth-order valence-corrected chi connectivity index (χ4v) is 1.02. The van der Waals surface area contributed by atoms with E-state index in [-0.39, 0.29) is 0 Å². The van der Waals surface area contributed by atoms with Crippen LogP contribution in [0.3, 0.4) is 0 Å². The standard InChI is InChI=1S/C11H16O3/c1-3-13-10-4-6-11(7-5-10)14-8-9(2)12/h4-7,9,12H,3,8H2,1-2H3. The molecule has 0 heterocycles. The molecule has 14 heavy (non-hydrogen) atoms. The van der Waals surface area contributed by atoms with Gasteiger partial charge in [0.15, 0.2) is 0 Å². The van der Waals surface area contributed by atoms with Crippen LogP contribution in [0.4, 0.5) is 0 Å². The number of ether oxygens (including phenoxy) is 2. The van der Waals surface area contributed by atoms with Gasteiger partial charge in [-0.25, -0.2) is 0 Å². The number of rotatable bonds is 5. The SMILES string of the molecule is CCOc1ccc(OCC(C)O)cc1. The topological polar surface area (TPSA) is 38.7 Å². The van der Waals surface area contributed by atoms with Crippen molar-refractivity contribution in [1.82, 2.24) is 0 Å². The van der Waals surface area contributed by atoms with Gasteiger partial charge in [0.2, 0.25) is 0 Å². The lowest BCUT2D eigenvalue weighted by molar-refractivity contribution is 0.122. The Bertz CT molecular complexity index is 254. The van der Waals surface area contributed by atoms with E-state index in [1.165, 1.54) is 0 Å². The summed E-state index contributed by atoms with van der Waals surface area (Å²) in [7, 11) is 0. The van der Waals surface area contributed by atoms with Crippen LogP contribution in [-0.2, 0) is 0 Å². The summed E-state index contributed by atoms with van der Waals surface area (Å²) < 4.78 is 10.6. The molecular formula is C11H16O3. The Balaban J connectivity index is 2.46. The van der Waals surface area contributed by atoms with E-state index in [1.54, 1.807) is 6.92 Å². The van der Waals surface area contributed by atoms with Crippen LogP contribution in [0.1, 0.15) is 13.8 Å². The van der Waals surface area contributed by atoms with E-state index >= 15 is 0 Å². The first-order valence-corrected chi connectivity index (χ1v) is 4.76. The van der Waals surface area contributed by atoms with Gasteiger partial charge in [-0.1, -0.05) is 0 Å². The monoisotopic (exact) mass is 196 g/mol. The zero-order chi connectivity index (χ0) is 10.4. The third-order valence-corrected chi connectivity index (χ3v) is 1.63. The molecule has 3 heteroatoms. The molecule has 0 amide bonds. The number of aliphatic hydroxyl groups is 1. The molecule has 1 N–H and O–H groups in total. The minimum atomic E-state index is -0.443. The predicted molar refractivity (Wildman–Crippen MR) is 54.8 cm³/mol. The van der Waals surface area contributed by atoms with Crippen molar-refractivity contribution in [3.05, 3.63) is 24.3 Å². The summed E-state index contributed by atoms with van der Waals surface area (Å²) >= 11 is 0. The van der Waals surface area contributed by atoms with Crippen LogP contribution in [0.2, 0.25) is 0 Å². The second-order valence-electron chi connectivity index (χ2n) is 3.06. The Morgan fingerprint density at radius 1 is 1.14 bits per heavy atom. The maximum Gasteiger partial charge on any atom is 0.119 e. The van der Waals surface area contributed by atoms with Gasteiger partial charge in [0.05, 0.1) is 12.7 Å². The molecule has 0 aliphatic rings. The first kappa shape index (κ1) is 10.9. The first-order chi connectivity index (χ1) is 6.72. The predicted octanol–water partition coefficient (Wildman–Crippen LogP) is 1.84. The second-order valence-corrected chi connectivity index (χ2v) is 3.06. The van der Waals surface area contributed by atoms with Crippen molar-refractivity contribution in [2.45, 2.75) is 20.0 Å². The normalized spacial score (nSPS) is 12.2. The van der Waals surface area contributed by atoms with Gasteiger partial charge < -0.3 is 14.6 Å². The summed E-state index contributed by atoms with van der Waals surface area (Å²) in [6, 6.07) is 7.35. The Labute approximate surface area is 84.3 Å². The quantitative estimate of drug-likeness (QED) is 0.781. The summed E-state index contributed by atoms with van der Waals surface area (Å²) in [6.07, 6.45) is -0.443. The zero-order valence-corrected chi connectivity index (χ0v) is 8.56. The Morgan fingerprint density at radius 3 is 2.07 bits per heavy atom. The molecule has 0 spiro atoms. The maximum atomic E-state index is 9.00. The average molecular weight is 196 g/mol. The van der Waals surface area contributed by atoms with Gasteiger partial charge >= 0.3 is 0 Å². The number of aliphatic hydroxyl groups excluding tert-OH is 1. The third kappa shape index (κ3) is 3.66. The highest BCUT2D eigenvalue weighted by Gasteiger charge is 1.98. The van der Waals surface area contributed by atoms with E-state index in [2.05, 4.69) is 0 Å². The molecule has 0 fully saturated rings. The molecule has 0 aromatic heterocycles. The maximum absolute atomic E-state index is 9.00. The minimum Gasteiger partial charge on any atom is -0.494 e. The molecule has 0 aliphatic heterocycles. The van der Waals surface area contributed by atoms with Gasteiger partial charge in [-0.2, -0.15) is 0 Å². The highest BCUT2D eigenvalue weighted by atomic mass is 16.5. The van der Waals surface area contributed by atoms with Crippen LogP contribution >= 0.6 is 0 Å². The lowest BCUT2D eigenvalue weighted by Gasteiger charge is -2.08. The van der Waals surface area contributed by atoms with Gasteiger partial charge in [-0.15, -0.1) is 0 Å². The van der Waals surface area contributed by atoms with Gasteiger partial charge in [0.25, 0.3) is 0 Å². The average Bonchev–Trinajstić information content (AvgIpc) is 2.17. The van der Waals surface area contributed by atoms with Crippen molar-refractivity contribution in [3.63, 3.8) is 0 Å². The van der Waals surface area contributed by atoms with E-state index in [0.29, 0.717) is 13.2 Å². The van der Waals surface area contributed by atoms with Gasteiger partial charge in [-0.05, 0) is 38.1 Å². The molecule has 1 unspecified atom stereocenters. The summed E-state index contributed by atoms with van der Waals surface area (Å²) in [5.74, 6) is 1.58. The summed E-state index contributed by atoms with van der Waals surface area (Å²) in [6.45, 7) is 4.61. The van der Waals surface area contributed by atoms with Crippen LogP contribution < -0.4 is 9.47 Å². The molecule has 3 nitrogen and oxygen atoms in total. The van der Waals surface area contributed by atoms with Crippen molar-refractivity contribution in [1.29, 1.82) is 0 Å². The number of benzene rings is 1. The van der Waals surface area contributed by atoms with Crippen molar-refractivity contribution < 1.29 is 14.6 Å². The Hall–Kier alpha value is -1.22. The lowest BCUT2D eigenvalue weighted by atomic mass is 10.3. The third-order valence-electron chi connectivity index (χ3n) is 1.63.